The fourth-order valence-corrected chi connectivity index (χ4v) is 1.33. The minimum atomic E-state index is -1.65. The molecule has 1 rings (SSSR count). The van der Waals surface area contributed by atoms with Crippen molar-refractivity contribution in [3.05, 3.63) is 22.2 Å². The van der Waals surface area contributed by atoms with Crippen LogP contribution in [0.2, 0.25) is 10.0 Å². The van der Waals surface area contributed by atoms with Crippen molar-refractivity contribution >= 4 is 41.5 Å². The molecule has 0 unspecified atom stereocenters. The van der Waals surface area contributed by atoms with Crippen LogP contribution in [0.15, 0.2) is 12.1 Å². The quantitative estimate of drug-likeness (QED) is 0.455. The summed E-state index contributed by atoms with van der Waals surface area (Å²) in [5.41, 5.74) is 5.70. The SMILES string of the molecule is Nc1c(Cl)cc(Cl)cc1B(O)O. The van der Waals surface area contributed by atoms with Gasteiger partial charge in [-0.05, 0) is 12.1 Å². The van der Waals surface area contributed by atoms with Crippen molar-refractivity contribution in [3.63, 3.8) is 0 Å². The van der Waals surface area contributed by atoms with Crippen LogP contribution in [0.4, 0.5) is 5.69 Å². The van der Waals surface area contributed by atoms with Gasteiger partial charge >= 0.3 is 7.12 Å². The van der Waals surface area contributed by atoms with Gasteiger partial charge in [-0.3, -0.25) is 0 Å². The number of hydrogen-bond acceptors (Lipinski definition) is 3. The van der Waals surface area contributed by atoms with E-state index < -0.39 is 7.12 Å². The Morgan fingerprint density at radius 3 is 2.33 bits per heavy atom. The molecular formula is C6H6BCl2NO2. The van der Waals surface area contributed by atoms with Crippen molar-refractivity contribution < 1.29 is 10.0 Å². The number of nitrogen functional groups attached to an aromatic ring is 1. The second-order valence-electron chi connectivity index (χ2n) is 2.26. The smallest absolute Gasteiger partial charge is 0.423 e. The first-order chi connectivity index (χ1) is 5.52. The monoisotopic (exact) mass is 205 g/mol. The Morgan fingerprint density at radius 1 is 1.25 bits per heavy atom. The average Bonchev–Trinajstić information content (AvgIpc) is 1.96. The van der Waals surface area contributed by atoms with Gasteiger partial charge in [-0.2, -0.15) is 0 Å². The minimum Gasteiger partial charge on any atom is -0.423 e. The van der Waals surface area contributed by atoms with E-state index in [2.05, 4.69) is 0 Å². The van der Waals surface area contributed by atoms with Gasteiger partial charge in [0.05, 0.1) is 10.7 Å². The highest BCUT2D eigenvalue weighted by Crippen LogP contribution is 2.21. The number of anilines is 1. The summed E-state index contributed by atoms with van der Waals surface area (Å²) in [5.74, 6) is 0. The van der Waals surface area contributed by atoms with Gasteiger partial charge in [-0.15, -0.1) is 0 Å². The van der Waals surface area contributed by atoms with Crippen molar-refractivity contribution in [2.75, 3.05) is 5.73 Å². The zero-order chi connectivity index (χ0) is 9.30. The number of nitrogens with two attached hydrogens (primary N) is 1. The molecule has 0 bridgehead atoms. The van der Waals surface area contributed by atoms with Gasteiger partial charge in [-0.1, -0.05) is 23.2 Å². The maximum absolute atomic E-state index is 8.81. The molecule has 12 heavy (non-hydrogen) atoms. The van der Waals surface area contributed by atoms with Gasteiger partial charge in [0.25, 0.3) is 0 Å². The Morgan fingerprint density at radius 2 is 1.83 bits per heavy atom. The lowest BCUT2D eigenvalue weighted by Gasteiger charge is -2.06. The molecule has 0 saturated heterocycles. The molecule has 0 atom stereocenters. The third-order valence-electron chi connectivity index (χ3n) is 1.40. The van der Waals surface area contributed by atoms with Crippen molar-refractivity contribution in [2.45, 2.75) is 0 Å². The van der Waals surface area contributed by atoms with E-state index in [0.29, 0.717) is 5.02 Å². The Hall–Kier alpha value is -0.415. The van der Waals surface area contributed by atoms with Gasteiger partial charge in [0.1, 0.15) is 0 Å². The predicted molar refractivity (Wildman–Crippen MR) is 50.7 cm³/mol. The van der Waals surface area contributed by atoms with Gasteiger partial charge < -0.3 is 15.8 Å². The fourth-order valence-electron chi connectivity index (χ4n) is 0.818. The van der Waals surface area contributed by atoms with Crippen LogP contribution in [0.1, 0.15) is 0 Å². The summed E-state index contributed by atoms with van der Waals surface area (Å²) in [5, 5.41) is 18.2. The van der Waals surface area contributed by atoms with E-state index in [1.54, 1.807) is 0 Å². The number of halogens is 2. The normalized spacial score (nSPS) is 10.0. The van der Waals surface area contributed by atoms with E-state index in [1.807, 2.05) is 0 Å². The van der Waals surface area contributed by atoms with Crippen LogP contribution in [-0.4, -0.2) is 17.2 Å². The van der Waals surface area contributed by atoms with Crippen LogP contribution >= 0.6 is 23.2 Å². The van der Waals surface area contributed by atoms with Crippen LogP contribution in [0.25, 0.3) is 0 Å². The predicted octanol–water partition coefficient (Wildman–Crippen LogP) is 0.255. The van der Waals surface area contributed by atoms with Crippen molar-refractivity contribution in [1.29, 1.82) is 0 Å². The maximum atomic E-state index is 8.81. The summed E-state index contributed by atoms with van der Waals surface area (Å²) >= 11 is 11.2. The van der Waals surface area contributed by atoms with E-state index in [1.165, 1.54) is 12.1 Å². The summed E-state index contributed by atoms with van der Waals surface area (Å²) in [4.78, 5) is 0. The van der Waals surface area contributed by atoms with Gasteiger partial charge in [0.2, 0.25) is 0 Å². The largest absolute Gasteiger partial charge is 0.490 e. The molecule has 4 N–H and O–H groups in total. The Kier molecular flexibility index (Phi) is 2.85. The lowest BCUT2D eigenvalue weighted by molar-refractivity contribution is 0.426. The molecule has 0 spiro atoms. The second kappa shape index (κ2) is 3.54. The average molecular weight is 206 g/mol. The first-order valence-electron chi connectivity index (χ1n) is 3.13. The number of benzene rings is 1. The minimum absolute atomic E-state index is 0.118. The lowest BCUT2D eigenvalue weighted by atomic mass is 9.79. The second-order valence-corrected chi connectivity index (χ2v) is 3.11. The maximum Gasteiger partial charge on any atom is 0.490 e. The summed E-state index contributed by atoms with van der Waals surface area (Å²) in [6.07, 6.45) is 0. The molecule has 0 aliphatic rings. The Balaban J connectivity index is 3.28. The third-order valence-corrected chi connectivity index (χ3v) is 1.94. The molecule has 0 saturated carbocycles. The molecular weight excluding hydrogens is 200 g/mol. The van der Waals surface area contributed by atoms with E-state index >= 15 is 0 Å². The zero-order valence-electron chi connectivity index (χ0n) is 5.96. The van der Waals surface area contributed by atoms with Gasteiger partial charge in [-0.25, -0.2) is 0 Å². The molecule has 0 fully saturated rings. The highest BCUT2D eigenvalue weighted by atomic mass is 35.5. The lowest BCUT2D eigenvalue weighted by Crippen LogP contribution is -2.32. The molecule has 0 heterocycles. The fraction of sp³-hybridized carbons (Fsp3) is 0. The van der Waals surface area contributed by atoms with Gasteiger partial charge in [0, 0.05) is 10.5 Å². The Labute approximate surface area is 79.9 Å². The molecule has 0 aliphatic heterocycles. The van der Waals surface area contributed by atoms with E-state index in [-0.39, 0.29) is 16.2 Å². The molecule has 0 amide bonds. The Bertz CT molecular complexity index is 306. The van der Waals surface area contributed by atoms with Crippen molar-refractivity contribution in [1.82, 2.24) is 0 Å². The zero-order valence-corrected chi connectivity index (χ0v) is 7.47. The first kappa shape index (κ1) is 9.67. The molecule has 0 radical (unpaired) electrons. The molecule has 1 aromatic rings. The summed E-state index contributed by atoms with van der Waals surface area (Å²) in [7, 11) is -1.65. The summed E-state index contributed by atoms with van der Waals surface area (Å²) < 4.78 is 0. The van der Waals surface area contributed by atoms with E-state index in [4.69, 9.17) is 39.0 Å². The first-order valence-corrected chi connectivity index (χ1v) is 3.88. The molecule has 3 nitrogen and oxygen atoms in total. The molecule has 0 aromatic heterocycles. The van der Waals surface area contributed by atoms with Crippen LogP contribution in [-0.2, 0) is 0 Å². The van der Waals surface area contributed by atoms with Crippen LogP contribution in [0, 0.1) is 0 Å². The third kappa shape index (κ3) is 1.84. The number of hydrogen-bond donors (Lipinski definition) is 3. The topological polar surface area (TPSA) is 66.5 Å². The summed E-state index contributed by atoms with van der Waals surface area (Å²) in [6, 6.07) is 2.79. The standard InChI is InChI=1S/C6H6BCl2NO2/c8-3-1-4(7(11)12)6(10)5(9)2-3/h1-2,11-12H,10H2. The highest BCUT2D eigenvalue weighted by molar-refractivity contribution is 6.61. The van der Waals surface area contributed by atoms with Crippen LogP contribution in [0.3, 0.4) is 0 Å². The molecule has 64 valence electrons. The van der Waals surface area contributed by atoms with E-state index in [9.17, 15) is 0 Å². The van der Waals surface area contributed by atoms with Crippen LogP contribution < -0.4 is 11.2 Å². The van der Waals surface area contributed by atoms with E-state index in [0.717, 1.165) is 0 Å². The molecule has 6 heteroatoms. The number of rotatable bonds is 1. The van der Waals surface area contributed by atoms with Gasteiger partial charge in [0.15, 0.2) is 0 Å². The molecule has 0 aliphatic carbocycles. The van der Waals surface area contributed by atoms with Crippen LogP contribution in [0.5, 0.6) is 0 Å². The molecule has 1 aromatic carbocycles. The van der Waals surface area contributed by atoms with Crippen molar-refractivity contribution in [2.24, 2.45) is 0 Å². The summed E-state index contributed by atoms with van der Waals surface area (Å²) in [6.45, 7) is 0. The van der Waals surface area contributed by atoms with Crippen molar-refractivity contribution in [3.8, 4) is 0 Å². The highest BCUT2D eigenvalue weighted by Gasteiger charge is 2.17.